The van der Waals surface area contributed by atoms with Gasteiger partial charge in [-0.25, -0.2) is 0 Å². The van der Waals surface area contributed by atoms with Crippen molar-refractivity contribution in [1.82, 2.24) is 0 Å². The van der Waals surface area contributed by atoms with E-state index in [-0.39, 0.29) is 0 Å². The van der Waals surface area contributed by atoms with Gasteiger partial charge in [-0.05, 0) is 50.4 Å². The molecule has 2 aliphatic carbocycles. The molecule has 2 nitrogen and oxygen atoms in total. The summed E-state index contributed by atoms with van der Waals surface area (Å²) >= 11 is 0. The Bertz CT molecular complexity index is 272. The summed E-state index contributed by atoms with van der Waals surface area (Å²) in [6.45, 7) is 1.01. The van der Waals surface area contributed by atoms with Crippen LogP contribution in [0.25, 0.3) is 0 Å². The topological polar surface area (TPSA) is 35.2 Å². The first kappa shape index (κ1) is 12.9. The minimum absolute atomic E-state index is 0.291. The van der Waals surface area contributed by atoms with Gasteiger partial charge in [0.1, 0.15) is 0 Å². The standard InChI is InChI=1S/C16H29NO/c17-15-6-2-1-5-13(11-15)14-7-10-18-16(12-14)8-3-4-9-16/h13-15H,1-12,17H2. The number of ether oxygens (including phenoxy) is 1. The molecular formula is C16H29NO. The van der Waals surface area contributed by atoms with Gasteiger partial charge in [0.25, 0.3) is 0 Å². The zero-order chi connectivity index (χ0) is 12.4. The van der Waals surface area contributed by atoms with E-state index in [0.29, 0.717) is 11.6 Å². The second kappa shape index (κ2) is 5.50. The van der Waals surface area contributed by atoms with Crippen LogP contribution in [-0.4, -0.2) is 18.2 Å². The Balaban J connectivity index is 1.63. The number of hydrogen-bond donors (Lipinski definition) is 1. The average Bonchev–Trinajstić information content (AvgIpc) is 2.69. The van der Waals surface area contributed by atoms with Crippen LogP contribution in [-0.2, 0) is 4.74 Å². The Morgan fingerprint density at radius 3 is 2.50 bits per heavy atom. The van der Waals surface area contributed by atoms with Gasteiger partial charge in [-0.15, -0.1) is 0 Å². The second-order valence-corrected chi connectivity index (χ2v) is 7.03. The highest BCUT2D eigenvalue weighted by atomic mass is 16.5. The molecule has 18 heavy (non-hydrogen) atoms. The van der Waals surface area contributed by atoms with E-state index in [9.17, 15) is 0 Å². The van der Waals surface area contributed by atoms with Gasteiger partial charge in [0.15, 0.2) is 0 Å². The maximum absolute atomic E-state index is 6.25. The van der Waals surface area contributed by atoms with Crippen LogP contribution in [0.5, 0.6) is 0 Å². The van der Waals surface area contributed by atoms with Crippen LogP contribution < -0.4 is 5.73 Å². The molecule has 0 amide bonds. The van der Waals surface area contributed by atoms with Gasteiger partial charge in [-0.3, -0.25) is 0 Å². The molecule has 0 aromatic heterocycles. The molecule has 0 radical (unpaired) electrons. The first-order chi connectivity index (χ1) is 8.77. The molecule has 2 saturated carbocycles. The maximum Gasteiger partial charge on any atom is 0.0685 e. The molecule has 2 heteroatoms. The summed E-state index contributed by atoms with van der Waals surface area (Å²) in [6, 6.07) is 0.472. The van der Waals surface area contributed by atoms with Crippen LogP contribution in [0, 0.1) is 11.8 Å². The molecule has 1 heterocycles. The summed E-state index contributed by atoms with van der Waals surface area (Å²) < 4.78 is 6.17. The summed E-state index contributed by atoms with van der Waals surface area (Å²) in [5.74, 6) is 1.80. The van der Waals surface area contributed by atoms with E-state index < -0.39 is 0 Å². The van der Waals surface area contributed by atoms with Crippen LogP contribution in [0.3, 0.4) is 0 Å². The zero-order valence-corrected chi connectivity index (χ0v) is 11.7. The van der Waals surface area contributed by atoms with E-state index in [1.54, 1.807) is 0 Å². The van der Waals surface area contributed by atoms with Crippen molar-refractivity contribution in [2.45, 2.75) is 82.3 Å². The van der Waals surface area contributed by atoms with Crippen molar-refractivity contribution >= 4 is 0 Å². The predicted molar refractivity (Wildman–Crippen MR) is 74.4 cm³/mol. The Labute approximate surface area is 112 Å². The summed E-state index contributed by atoms with van der Waals surface area (Å²) in [4.78, 5) is 0. The van der Waals surface area contributed by atoms with Gasteiger partial charge >= 0.3 is 0 Å². The van der Waals surface area contributed by atoms with E-state index in [0.717, 1.165) is 18.4 Å². The molecule has 3 atom stereocenters. The molecule has 3 rings (SSSR count). The van der Waals surface area contributed by atoms with E-state index in [2.05, 4.69) is 0 Å². The van der Waals surface area contributed by atoms with Gasteiger partial charge in [-0.1, -0.05) is 32.1 Å². The number of hydrogen-bond acceptors (Lipinski definition) is 2. The summed E-state index contributed by atoms with van der Waals surface area (Å²) in [6.07, 6.45) is 14.8. The molecule has 0 aromatic rings. The highest BCUT2D eigenvalue weighted by molar-refractivity contribution is 4.93. The lowest BCUT2D eigenvalue weighted by molar-refractivity contribution is -0.103. The molecule has 104 valence electrons. The fourth-order valence-corrected chi connectivity index (χ4v) is 4.70. The molecule has 1 aliphatic heterocycles. The van der Waals surface area contributed by atoms with Crippen molar-refractivity contribution in [2.24, 2.45) is 17.6 Å². The molecule has 3 fully saturated rings. The first-order valence-electron chi connectivity index (χ1n) is 8.17. The normalized spacial score (nSPS) is 40.8. The van der Waals surface area contributed by atoms with E-state index in [1.165, 1.54) is 70.6 Å². The van der Waals surface area contributed by atoms with Crippen molar-refractivity contribution in [3.8, 4) is 0 Å². The monoisotopic (exact) mass is 251 g/mol. The average molecular weight is 251 g/mol. The van der Waals surface area contributed by atoms with Crippen LogP contribution in [0.2, 0.25) is 0 Å². The lowest BCUT2D eigenvalue weighted by atomic mass is 9.74. The largest absolute Gasteiger partial charge is 0.375 e. The van der Waals surface area contributed by atoms with Gasteiger partial charge in [0.2, 0.25) is 0 Å². The van der Waals surface area contributed by atoms with Crippen LogP contribution in [0.15, 0.2) is 0 Å². The summed E-state index contributed by atoms with van der Waals surface area (Å²) in [5, 5.41) is 0. The van der Waals surface area contributed by atoms with E-state index in [4.69, 9.17) is 10.5 Å². The van der Waals surface area contributed by atoms with Gasteiger partial charge < -0.3 is 10.5 Å². The minimum Gasteiger partial charge on any atom is -0.375 e. The van der Waals surface area contributed by atoms with Crippen LogP contribution in [0.4, 0.5) is 0 Å². The molecular weight excluding hydrogens is 222 g/mol. The molecule has 1 spiro atoms. The lowest BCUT2D eigenvalue weighted by Gasteiger charge is -2.41. The Morgan fingerprint density at radius 2 is 1.67 bits per heavy atom. The van der Waals surface area contributed by atoms with Crippen molar-refractivity contribution < 1.29 is 4.74 Å². The van der Waals surface area contributed by atoms with Gasteiger partial charge in [0.05, 0.1) is 5.60 Å². The first-order valence-corrected chi connectivity index (χ1v) is 8.17. The second-order valence-electron chi connectivity index (χ2n) is 7.03. The highest BCUT2D eigenvalue weighted by Crippen LogP contribution is 2.46. The van der Waals surface area contributed by atoms with Crippen molar-refractivity contribution in [3.63, 3.8) is 0 Å². The fraction of sp³-hybridized carbons (Fsp3) is 1.00. The predicted octanol–water partition coefficient (Wildman–Crippen LogP) is 3.63. The van der Waals surface area contributed by atoms with E-state index in [1.807, 2.05) is 0 Å². The fourth-order valence-electron chi connectivity index (χ4n) is 4.70. The Hall–Kier alpha value is -0.0800. The molecule has 1 saturated heterocycles. The smallest absolute Gasteiger partial charge is 0.0685 e. The SMILES string of the molecule is NC1CCCCC(C2CCOC3(CCCC3)C2)C1. The Morgan fingerprint density at radius 1 is 0.889 bits per heavy atom. The Kier molecular flexibility index (Phi) is 3.95. The zero-order valence-electron chi connectivity index (χ0n) is 11.7. The quantitative estimate of drug-likeness (QED) is 0.722. The highest BCUT2D eigenvalue weighted by Gasteiger charge is 2.42. The van der Waals surface area contributed by atoms with E-state index >= 15 is 0 Å². The maximum atomic E-state index is 6.25. The third kappa shape index (κ3) is 2.75. The number of rotatable bonds is 1. The molecule has 2 N–H and O–H groups in total. The summed E-state index contributed by atoms with van der Waals surface area (Å²) in [7, 11) is 0. The molecule has 3 aliphatic rings. The van der Waals surface area contributed by atoms with Gasteiger partial charge in [0, 0.05) is 12.6 Å². The molecule has 0 aromatic carbocycles. The van der Waals surface area contributed by atoms with Crippen molar-refractivity contribution in [1.29, 1.82) is 0 Å². The third-order valence-corrected chi connectivity index (χ3v) is 5.72. The summed E-state index contributed by atoms with van der Waals surface area (Å²) in [5.41, 5.74) is 6.54. The molecule has 0 bridgehead atoms. The third-order valence-electron chi connectivity index (χ3n) is 5.72. The van der Waals surface area contributed by atoms with Crippen LogP contribution in [0.1, 0.15) is 70.6 Å². The van der Waals surface area contributed by atoms with Crippen molar-refractivity contribution in [2.75, 3.05) is 6.61 Å². The van der Waals surface area contributed by atoms with Crippen LogP contribution >= 0.6 is 0 Å². The minimum atomic E-state index is 0.291. The number of nitrogens with two attached hydrogens (primary N) is 1. The van der Waals surface area contributed by atoms with Gasteiger partial charge in [-0.2, -0.15) is 0 Å². The van der Waals surface area contributed by atoms with Crippen molar-refractivity contribution in [3.05, 3.63) is 0 Å². The molecule has 3 unspecified atom stereocenters. The lowest BCUT2D eigenvalue weighted by Crippen LogP contribution is -2.40.